The first-order chi connectivity index (χ1) is 15.0. The van der Waals surface area contributed by atoms with Gasteiger partial charge in [0.15, 0.2) is 0 Å². The maximum atomic E-state index is 13.2. The van der Waals surface area contributed by atoms with E-state index in [0.717, 1.165) is 37.9 Å². The summed E-state index contributed by atoms with van der Waals surface area (Å²) in [5, 5.41) is 0. The molecule has 2 amide bonds. The summed E-state index contributed by atoms with van der Waals surface area (Å²) in [5.74, 6) is 0.842. The van der Waals surface area contributed by atoms with Crippen molar-refractivity contribution in [2.45, 2.75) is 78.2 Å². The molecule has 0 bridgehead atoms. The van der Waals surface area contributed by atoms with E-state index in [1.807, 2.05) is 31.1 Å². The van der Waals surface area contributed by atoms with Gasteiger partial charge in [0.05, 0.1) is 13.1 Å². The Morgan fingerprint density at radius 3 is 2.48 bits per heavy atom. The average molecular weight is 434 g/mol. The minimum atomic E-state index is 0.0419. The van der Waals surface area contributed by atoms with Crippen LogP contribution in [0.25, 0.3) is 0 Å². The Morgan fingerprint density at radius 2 is 1.84 bits per heavy atom. The molecule has 1 aromatic rings. The van der Waals surface area contributed by atoms with Crippen molar-refractivity contribution in [2.75, 3.05) is 32.8 Å². The first-order valence-corrected chi connectivity index (χ1v) is 12.3. The molecule has 1 saturated carbocycles. The molecule has 176 valence electrons. The predicted molar refractivity (Wildman–Crippen MR) is 125 cm³/mol. The lowest BCUT2D eigenvalue weighted by atomic mass is 10.0. The number of hydrogen-bond acceptors (Lipinski definition) is 3. The first-order valence-electron chi connectivity index (χ1n) is 12.3. The SMILES string of the molecule is CCCCN(Cc1cccn1C)C(=O)CN(CCCOCC)C(=O)CCC1CCCC1. The minimum Gasteiger partial charge on any atom is -0.382 e. The highest BCUT2D eigenvalue weighted by Gasteiger charge is 2.23. The van der Waals surface area contributed by atoms with Gasteiger partial charge in [0, 0.05) is 51.7 Å². The van der Waals surface area contributed by atoms with Gasteiger partial charge in [0.1, 0.15) is 0 Å². The fourth-order valence-corrected chi connectivity index (χ4v) is 4.34. The van der Waals surface area contributed by atoms with E-state index in [2.05, 4.69) is 17.6 Å². The largest absolute Gasteiger partial charge is 0.382 e. The van der Waals surface area contributed by atoms with Gasteiger partial charge < -0.3 is 19.1 Å². The molecular weight excluding hydrogens is 390 g/mol. The molecule has 6 nitrogen and oxygen atoms in total. The molecule has 0 atom stereocenters. The summed E-state index contributed by atoms with van der Waals surface area (Å²) in [7, 11) is 2.00. The van der Waals surface area contributed by atoms with Crippen LogP contribution in [0.4, 0.5) is 0 Å². The summed E-state index contributed by atoms with van der Waals surface area (Å²) in [6.07, 6.45) is 11.4. The predicted octanol–water partition coefficient (Wildman–Crippen LogP) is 4.38. The molecule has 0 saturated heterocycles. The second-order valence-corrected chi connectivity index (χ2v) is 8.83. The van der Waals surface area contributed by atoms with Crippen molar-refractivity contribution in [2.24, 2.45) is 13.0 Å². The Balaban J connectivity index is 1.98. The molecule has 2 rings (SSSR count). The second-order valence-electron chi connectivity index (χ2n) is 8.83. The molecule has 0 radical (unpaired) electrons. The van der Waals surface area contributed by atoms with Crippen LogP contribution in [0.1, 0.15) is 77.3 Å². The van der Waals surface area contributed by atoms with Crippen molar-refractivity contribution < 1.29 is 14.3 Å². The Labute approximate surface area is 188 Å². The Bertz CT molecular complexity index is 652. The van der Waals surface area contributed by atoms with Crippen molar-refractivity contribution in [1.29, 1.82) is 0 Å². The molecule has 0 aliphatic heterocycles. The third-order valence-corrected chi connectivity index (χ3v) is 6.38. The van der Waals surface area contributed by atoms with E-state index in [1.54, 1.807) is 4.90 Å². The van der Waals surface area contributed by atoms with Crippen LogP contribution >= 0.6 is 0 Å². The zero-order valence-corrected chi connectivity index (χ0v) is 20.0. The molecule has 0 spiro atoms. The maximum Gasteiger partial charge on any atom is 0.242 e. The van der Waals surface area contributed by atoms with Crippen molar-refractivity contribution >= 4 is 11.8 Å². The van der Waals surface area contributed by atoms with Gasteiger partial charge in [-0.2, -0.15) is 0 Å². The monoisotopic (exact) mass is 433 g/mol. The number of unbranched alkanes of at least 4 members (excludes halogenated alkanes) is 1. The molecular formula is C25H43N3O3. The fourth-order valence-electron chi connectivity index (χ4n) is 4.34. The number of aryl methyl sites for hydroxylation is 1. The van der Waals surface area contributed by atoms with Crippen molar-refractivity contribution in [3.8, 4) is 0 Å². The topological polar surface area (TPSA) is 54.8 Å². The van der Waals surface area contributed by atoms with Gasteiger partial charge in [0.2, 0.25) is 11.8 Å². The summed E-state index contributed by atoms with van der Waals surface area (Å²) >= 11 is 0. The van der Waals surface area contributed by atoms with E-state index in [4.69, 9.17) is 4.74 Å². The Kier molecular flexibility index (Phi) is 11.7. The quantitative estimate of drug-likeness (QED) is 0.386. The molecule has 1 fully saturated rings. The number of carbonyl (C=O) groups excluding carboxylic acids is 2. The average Bonchev–Trinajstić information content (AvgIpc) is 3.43. The maximum absolute atomic E-state index is 13.2. The first kappa shape index (κ1) is 25.4. The number of hydrogen-bond donors (Lipinski definition) is 0. The molecule has 1 aliphatic rings. The van der Waals surface area contributed by atoms with Crippen LogP contribution < -0.4 is 0 Å². The zero-order valence-electron chi connectivity index (χ0n) is 20.0. The van der Waals surface area contributed by atoms with Gasteiger partial charge >= 0.3 is 0 Å². The minimum absolute atomic E-state index is 0.0419. The highest BCUT2D eigenvalue weighted by atomic mass is 16.5. The lowest BCUT2D eigenvalue weighted by Crippen LogP contribution is -2.43. The molecule has 0 N–H and O–H groups in total. The van der Waals surface area contributed by atoms with Crippen molar-refractivity contribution in [3.63, 3.8) is 0 Å². The van der Waals surface area contributed by atoms with Crippen LogP contribution in [0, 0.1) is 5.92 Å². The van der Waals surface area contributed by atoms with Gasteiger partial charge in [-0.3, -0.25) is 9.59 Å². The smallest absolute Gasteiger partial charge is 0.242 e. The number of carbonyl (C=O) groups is 2. The van der Waals surface area contributed by atoms with E-state index >= 15 is 0 Å². The van der Waals surface area contributed by atoms with Gasteiger partial charge in [-0.1, -0.05) is 39.0 Å². The van der Waals surface area contributed by atoms with Gasteiger partial charge in [-0.25, -0.2) is 0 Å². The van der Waals surface area contributed by atoms with Crippen LogP contribution in [-0.2, 0) is 27.9 Å². The van der Waals surface area contributed by atoms with Crippen molar-refractivity contribution in [1.82, 2.24) is 14.4 Å². The van der Waals surface area contributed by atoms with E-state index in [0.29, 0.717) is 38.6 Å². The van der Waals surface area contributed by atoms with E-state index in [9.17, 15) is 9.59 Å². The molecule has 1 aromatic heterocycles. The Hall–Kier alpha value is -1.82. The molecule has 1 heterocycles. The molecule has 0 unspecified atom stereocenters. The number of amides is 2. The fraction of sp³-hybridized carbons (Fsp3) is 0.760. The molecule has 31 heavy (non-hydrogen) atoms. The van der Waals surface area contributed by atoms with Crippen LogP contribution in [0.2, 0.25) is 0 Å². The summed E-state index contributed by atoms with van der Waals surface area (Å²) in [4.78, 5) is 30.0. The molecule has 1 aliphatic carbocycles. The Morgan fingerprint density at radius 1 is 1.10 bits per heavy atom. The third-order valence-electron chi connectivity index (χ3n) is 6.38. The standard InChI is InChI=1S/C25H43N3O3/c1-4-6-17-27(20-23-13-9-16-26(23)3)25(30)21-28(18-10-19-31-5-2)24(29)15-14-22-11-7-8-12-22/h9,13,16,22H,4-8,10-12,14-15,17-21H2,1-3H3. The van der Waals surface area contributed by atoms with Crippen molar-refractivity contribution in [3.05, 3.63) is 24.0 Å². The summed E-state index contributed by atoms with van der Waals surface area (Å²) in [6.45, 7) is 7.48. The van der Waals surface area contributed by atoms with E-state index in [-0.39, 0.29) is 18.4 Å². The second kappa shape index (κ2) is 14.3. The highest BCUT2D eigenvalue weighted by molar-refractivity contribution is 5.84. The van der Waals surface area contributed by atoms with E-state index in [1.165, 1.54) is 25.7 Å². The molecule has 6 heteroatoms. The lowest BCUT2D eigenvalue weighted by molar-refractivity contribution is -0.141. The molecule has 0 aromatic carbocycles. The van der Waals surface area contributed by atoms with Crippen LogP contribution in [0.5, 0.6) is 0 Å². The van der Waals surface area contributed by atoms with Crippen LogP contribution in [0.15, 0.2) is 18.3 Å². The normalized spacial score (nSPS) is 14.2. The third kappa shape index (κ3) is 9.06. The van der Waals surface area contributed by atoms with Gasteiger partial charge in [-0.05, 0) is 44.2 Å². The lowest BCUT2D eigenvalue weighted by Gasteiger charge is -2.28. The number of ether oxygens (including phenoxy) is 1. The van der Waals surface area contributed by atoms with E-state index < -0.39 is 0 Å². The summed E-state index contributed by atoms with van der Waals surface area (Å²) in [5.41, 5.74) is 1.11. The van der Waals surface area contributed by atoms with Crippen LogP contribution in [0.3, 0.4) is 0 Å². The van der Waals surface area contributed by atoms with Crippen LogP contribution in [-0.4, -0.2) is 59.0 Å². The summed E-state index contributed by atoms with van der Waals surface area (Å²) in [6, 6.07) is 4.06. The number of rotatable bonds is 15. The number of nitrogens with zero attached hydrogens (tertiary/aromatic N) is 3. The van der Waals surface area contributed by atoms with Gasteiger partial charge in [0.25, 0.3) is 0 Å². The summed E-state index contributed by atoms with van der Waals surface area (Å²) < 4.78 is 7.51. The zero-order chi connectivity index (χ0) is 22.5. The van der Waals surface area contributed by atoms with Gasteiger partial charge in [-0.15, -0.1) is 0 Å². The highest BCUT2D eigenvalue weighted by Crippen LogP contribution is 2.28. The number of aromatic nitrogens is 1.